The van der Waals surface area contributed by atoms with Gasteiger partial charge in [0, 0.05) is 12.3 Å². The largest absolute Gasteiger partial charge is 0.340 e. The van der Waals surface area contributed by atoms with E-state index in [4.69, 9.17) is 0 Å². The Bertz CT molecular complexity index is 370. The molecule has 2 fully saturated rings. The molecule has 5 heteroatoms. The van der Waals surface area contributed by atoms with Crippen LogP contribution in [0.25, 0.3) is 0 Å². The van der Waals surface area contributed by atoms with Crippen LogP contribution >= 0.6 is 11.8 Å². The molecule has 0 aromatic heterocycles. The molecule has 2 rings (SSSR count). The first-order valence-corrected chi connectivity index (χ1v) is 8.56. The Morgan fingerprint density at radius 1 is 1.42 bits per heavy atom. The Kier molecular flexibility index (Phi) is 4.43. The van der Waals surface area contributed by atoms with Gasteiger partial charge in [-0.3, -0.25) is 9.59 Å². The van der Waals surface area contributed by atoms with Crippen LogP contribution in [-0.4, -0.2) is 46.8 Å². The zero-order chi connectivity index (χ0) is 14.0. The molecule has 0 aromatic carbocycles. The molecule has 0 bridgehead atoms. The molecule has 1 heterocycles. The molecule has 1 saturated heterocycles. The predicted octanol–water partition coefficient (Wildman–Crippen LogP) is 1.65. The van der Waals surface area contributed by atoms with E-state index in [1.165, 1.54) is 0 Å². The normalized spacial score (nSPS) is 31.5. The second kappa shape index (κ2) is 5.73. The van der Waals surface area contributed by atoms with E-state index in [2.05, 4.69) is 12.2 Å². The van der Waals surface area contributed by atoms with E-state index >= 15 is 0 Å². The Labute approximate surface area is 119 Å². The molecule has 19 heavy (non-hydrogen) atoms. The predicted molar refractivity (Wildman–Crippen MR) is 78.1 cm³/mol. The van der Waals surface area contributed by atoms with Gasteiger partial charge in [-0.05, 0) is 38.4 Å². The highest BCUT2D eigenvalue weighted by molar-refractivity contribution is 7.98. The molecule has 1 saturated carbocycles. The van der Waals surface area contributed by atoms with Gasteiger partial charge in [0.1, 0.15) is 11.6 Å². The van der Waals surface area contributed by atoms with Crippen LogP contribution in [0.4, 0.5) is 0 Å². The summed E-state index contributed by atoms with van der Waals surface area (Å²) in [5, 5.41) is 3.01. The van der Waals surface area contributed by atoms with Crippen LogP contribution in [-0.2, 0) is 9.59 Å². The smallest absolute Gasteiger partial charge is 0.249 e. The summed E-state index contributed by atoms with van der Waals surface area (Å²) in [5.41, 5.74) is -0.653. The number of nitrogens with zero attached hydrogens (tertiary/aromatic N) is 1. The van der Waals surface area contributed by atoms with Gasteiger partial charge in [0.05, 0.1) is 0 Å². The van der Waals surface area contributed by atoms with E-state index in [1.54, 1.807) is 11.8 Å². The van der Waals surface area contributed by atoms with Gasteiger partial charge in [0.2, 0.25) is 11.8 Å². The molecule has 1 N–H and O–H groups in total. The topological polar surface area (TPSA) is 49.4 Å². The zero-order valence-electron chi connectivity index (χ0n) is 12.1. The lowest BCUT2D eigenvalue weighted by molar-refractivity contribution is -0.155. The SMILES string of the molecule is CCCC1C(=O)NC(C)(C2CC2)C(=O)N1CCSC. The number of carbonyl (C=O) groups excluding carboxylic acids is 2. The van der Waals surface area contributed by atoms with Crippen LogP contribution in [0.2, 0.25) is 0 Å². The number of hydrogen-bond acceptors (Lipinski definition) is 3. The van der Waals surface area contributed by atoms with E-state index in [-0.39, 0.29) is 17.9 Å². The molecule has 0 radical (unpaired) electrons. The molecule has 4 nitrogen and oxygen atoms in total. The van der Waals surface area contributed by atoms with Crippen molar-refractivity contribution in [3.8, 4) is 0 Å². The minimum absolute atomic E-state index is 0.0388. The molecule has 0 spiro atoms. The molecule has 2 atom stereocenters. The molecule has 2 unspecified atom stereocenters. The third kappa shape index (κ3) is 2.76. The summed E-state index contributed by atoms with van der Waals surface area (Å²) in [4.78, 5) is 26.9. The van der Waals surface area contributed by atoms with E-state index in [0.29, 0.717) is 12.5 Å². The molecular formula is C14H24N2O2S. The van der Waals surface area contributed by atoms with Crippen molar-refractivity contribution >= 4 is 23.6 Å². The zero-order valence-corrected chi connectivity index (χ0v) is 12.9. The highest BCUT2D eigenvalue weighted by Gasteiger charge is 2.54. The van der Waals surface area contributed by atoms with Gasteiger partial charge in [-0.15, -0.1) is 0 Å². The number of rotatable bonds is 6. The Morgan fingerprint density at radius 2 is 2.11 bits per heavy atom. The van der Waals surface area contributed by atoms with Gasteiger partial charge < -0.3 is 10.2 Å². The van der Waals surface area contributed by atoms with E-state index in [9.17, 15) is 9.59 Å². The fourth-order valence-corrected chi connectivity index (χ4v) is 3.30. The van der Waals surface area contributed by atoms with Crippen LogP contribution in [0.5, 0.6) is 0 Å². The summed E-state index contributed by atoms with van der Waals surface area (Å²) < 4.78 is 0. The summed E-state index contributed by atoms with van der Waals surface area (Å²) in [6, 6.07) is -0.267. The quantitative estimate of drug-likeness (QED) is 0.807. The molecular weight excluding hydrogens is 260 g/mol. The third-order valence-corrected chi connectivity index (χ3v) is 4.85. The van der Waals surface area contributed by atoms with Crippen LogP contribution in [0.3, 0.4) is 0 Å². The summed E-state index contributed by atoms with van der Waals surface area (Å²) in [6.07, 6.45) is 5.81. The van der Waals surface area contributed by atoms with E-state index < -0.39 is 5.54 Å². The second-order valence-corrected chi connectivity index (χ2v) is 6.75. The number of carbonyl (C=O) groups is 2. The second-order valence-electron chi connectivity index (χ2n) is 5.76. The van der Waals surface area contributed by atoms with E-state index in [1.807, 2.05) is 18.1 Å². The van der Waals surface area contributed by atoms with Crippen molar-refractivity contribution in [2.24, 2.45) is 5.92 Å². The summed E-state index contributed by atoms with van der Waals surface area (Å²) in [6.45, 7) is 4.64. The van der Waals surface area contributed by atoms with E-state index in [0.717, 1.165) is 31.4 Å². The lowest BCUT2D eigenvalue weighted by Crippen LogP contribution is -2.70. The minimum Gasteiger partial charge on any atom is -0.340 e. The number of piperazine rings is 1. The van der Waals surface area contributed by atoms with Gasteiger partial charge in [-0.1, -0.05) is 13.3 Å². The highest BCUT2D eigenvalue weighted by Crippen LogP contribution is 2.42. The average molecular weight is 284 g/mol. The van der Waals surface area contributed by atoms with Crippen LogP contribution < -0.4 is 5.32 Å². The van der Waals surface area contributed by atoms with Crippen molar-refractivity contribution in [2.45, 2.75) is 51.1 Å². The standard InChI is InChI=1S/C14H24N2O2S/c1-4-5-11-12(17)15-14(2,10-6-7-10)13(18)16(11)8-9-19-3/h10-11H,4-9H2,1-3H3,(H,15,17). The number of nitrogens with one attached hydrogen (secondary N) is 1. The molecule has 1 aliphatic carbocycles. The van der Waals surface area contributed by atoms with Gasteiger partial charge in [0.15, 0.2) is 0 Å². The van der Waals surface area contributed by atoms with Gasteiger partial charge in [-0.25, -0.2) is 0 Å². The van der Waals surface area contributed by atoms with Gasteiger partial charge >= 0.3 is 0 Å². The first-order valence-electron chi connectivity index (χ1n) is 7.16. The Hall–Kier alpha value is -0.710. The van der Waals surface area contributed by atoms with Crippen molar-refractivity contribution in [1.82, 2.24) is 10.2 Å². The first kappa shape index (κ1) is 14.7. The minimum atomic E-state index is -0.653. The summed E-state index contributed by atoms with van der Waals surface area (Å²) >= 11 is 1.72. The van der Waals surface area contributed by atoms with Crippen LogP contribution in [0, 0.1) is 5.92 Å². The first-order chi connectivity index (χ1) is 9.04. The van der Waals surface area contributed by atoms with Gasteiger partial charge in [0.25, 0.3) is 0 Å². The third-order valence-electron chi connectivity index (χ3n) is 4.26. The lowest BCUT2D eigenvalue weighted by Gasteiger charge is -2.44. The molecule has 108 valence electrons. The maximum absolute atomic E-state index is 12.8. The molecule has 1 aliphatic heterocycles. The Morgan fingerprint density at radius 3 is 2.63 bits per heavy atom. The highest BCUT2D eigenvalue weighted by atomic mass is 32.2. The number of hydrogen-bond donors (Lipinski definition) is 1. The number of thioether (sulfide) groups is 1. The van der Waals surface area contributed by atoms with Crippen molar-refractivity contribution < 1.29 is 9.59 Å². The lowest BCUT2D eigenvalue weighted by atomic mass is 9.88. The van der Waals surface area contributed by atoms with Gasteiger partial charge in [-0.2, -0.15) is 11.8 Å². The maximum atomic E-state index is 12.8. The van der Waals surface area contributed by atoms with Crippen molar-refractivity contribution in [3.05, 3.63) is 0 Å². The monoisotopic (exact) mass is 284 g/mol. The average Bonchev–Trinajstić information content (AvgIpc) is 3.20. The summed E-state index contributed by atoms with van der Waals surface area (Å²) in [5.74, 6) is 1.39. The molecule has 2 amide bonds. The van der Waals surface area contributed by atoms with Crippen LogP contribution in [0.15, 0.2) is 0 Å². The Balaban J connectivity index is 2.19. The molecule has 0 aromatic rings. The number of amides is 2. The van der Waals surface area contributed by atoms with Crippen molar-refractivity contribution in [3.63, 3.8) is 0 Å². The summed E-state index contributed by atoms with van der Waals surface area (Å²) in [7, 11) is 0. The fraction of sp³-hybridized carbons (Fsp3) is 0.857. The van der Waals surface area contributed by atoms with Crippen molar-refractivity contribution in [1.29, 1.82) is 0 Å². The maximum Gasteiger partial charge on any atom is 0.249 e. The molecule has 2 aliphatic rings. The van der Waals surface area contributed by atoms with Crippen molar-refractivity contribution in [2.75, 3.05) is 18.6 Å². The van der Waals surface area contributed by atoms with Crippen LogP contribution in [0.1, 0.15) is 39.5 Å². The fourth-order valence-electron chi connectivity index (χ4n) is 2.92.